The van der Waals surface area contributed by atoms with Crippen molar-refractivity contribution < 1.29 is 18.0 Å². The number of rotatable bonds is 5. The van der Waals surface area contributed by atoms with E-state index in [-0.39, 0.29) is 11.6 Å². The van der Waals surface area contributed by atoms with E-state index < -0.39 is 17.6 Å². The van der Waals surface area contributed by atoms with Crippen molar-refractivity contribution in [3.05, 3.63) is 35.4 Å². The number of amides is 1. The van der Waals surface area contributed by atoms with E-state index in [9.17, 15) is 18.0 Å². The van der Waals surface area contributed by atoms with E-state index in [1.165, 1.54) is 23.1 Å². The van der Waals surface area contributed by atoms with Gasteiger partial charge in [-0.1, -0.05) is 28.1 Å². The highest BCUT2D eigenvalue weighted by atomic mass is 79.9. The smallest absolute Gasteiger partial charge is 0.336 e. The van der Waals surface area contributed by atoms with E-state index in [1.54, 1.807) is 13.8 Å². The second kappa shape index (κ2) is 7.11. The number of halogens is 4. The molecule has 0 bridgehead atoms. The maximum Gasteiger partial charge on any atom is 0.417 e. The van der Waals surface area contributed by atoms with E-state index in [0.29, 0.717) is 18.3 Å². The molecule has 0 heterocycles. The average Bonchev–Trinajstić information content (AvgIpc) is 2.37. The van der Waals surface area contributed by atoms with Crippen molar-refractivity contribution >= 4 is 21.8 Å². The van der Waals surface area contributed by atoms with Gasteiger partial charge in [0.2, 0.25) is 0 Å². The highest BCUT2D eigenvalue weighted by Gasteiger charge is 2.36. The lowest BCUT2D eigenvalue weighted by Gasteiger charge is -2.27. The topological polar surface area (TPSA) is 20.3 Å². The van der Waals surface area contributed by atoms with Crippen LogP contribution in [0.5, 0.6) is 0 Å². The van der Waals surface area contributed by atoms with Crippen molar-refractivity contribution in [1.29, 1.82) is 0 Å². The highest BCUT2D eigenvalue weighted by Crippen LogP contribution is 2.32. The van der Waals surface area contributed by atoms with Gasteiger partial charge in [-0.25, -0.2) is 0 Å². The summed E-state index contributed by atoms with van der Waals surface area (Å²) in [7, 11) is 0. The minimum atomic E-state index is -4.52. The number of benzene rings is 1. The van der Waals surface area contributed by atoms with Crippen molar-refractivity contribution in [2.45, 2.75) is 32.5 Å². The summed E-state index contributed by atoms with van der Waals surface area (Å²) in [6, 6.07) is 4.76. The first-order valence-electron chi connectivity index (χ1n) is 6.32. The number of alkyl halides is 4. The largest absolute Gasteiger partial charge is 0.417 e. The number of nitrogens with zero attached hydrogens (tertiary/aromatic N) is 1. The van der Waals surface area contributed by atoms with Gasteiger partial charge in [-0.05, 0) is 32.4 Å². The van der Waals surface area contributed by atoms with Crippen LogP contribution in [0, 0.1) is 0 Å². The van der Waals surface area contributed by atoms with Gasteiger partial charge in [-0.2, -0.15) is 13.2 Å². The summed E-state index contributed by atoms with van der Waals surface area (Å²) < 4.78 is 38.8. The van der Waals surface area contributed by atoms with Crippen molar-refractivity contribution in [1.82, 2.24) is 4.90 Å². The zero-order valence-corrected chi connectivity index (χ0v) is 13.0. The molecule has 1 rings (SSSR count). The van der Waals surface area contributed by atoms with Crippen LogP contribution >= 0.6 is 15.9 Å². The Balaban J connectivity index is 3.12. The first kappa shape index (κ1) is 17.0. The Morgan fingerprint density at radius 3 is 2.40 bits per heavy atom. The van der Waals surface area contributed by atoms with Gasteiger partial charge >= 0.3 is 6.18 Å². The molecule has 0 radical (unpaired) electrons. The van der Waals surface area contributed by atoms with Gasteiger partial charge < -0.3 is 4.90 Å². The van der Waals surface area contributed by atoms with Gasteiger partial charge in [0.15, 0.2) is 0 Å². The molecule has 0 aliphatic rings. The summed E-state index contributed by atoms with van der Waals surface area (Å²) in [5.74, 6) is -0.575. The van der Waals surface area contributed by atoms with E-state index in [4.69, 9.17) is 0 Å². The summed E-state index contributed by atoms with van der Waals surface area (Å²) in [4.78, 5) is 13.8. The Morgan fingerprint density at radius 1 is 1.30 bits per heavy atom. The predicted octanol–water partition coefficient (Wildman–Crippen LogP) is 4.34. The third-order valence-electron chi connectivity index (χ3n) is 2.88. The second-order valence-corrected chi connectivity index (χ2v) is 5.47. The van der Waals surface area contributed by atoms with Gasteiger partial charge in [-0.3, -0.25) is 4.79 Å². The van der Waals surface area contributed by atoms with Crippen molar-refractivity contribution in [3.8, 4) is 0 Å². The molecule has 20 heavy (non-hydrogen) atoms. The second-order valence-electron chi connectivity index (χ2n) is 4.68. The maximum atomic E-state index is 12.9. The van der Waals surface area contributed by atoms with E-state index in [2.05, 4.69) is 15.9 Å². The fraction of sp³-hybridized carbons (Fsp3) is 0.500. The molecule has 2 nitrogen and oxygen atoms in total. The predicted molar refractivity (Wildman–Crippen MR) is 76.0 cm³/mol. The summed E-state index contributed by atoms with van der Waals surface area (Å²) in [6.45, 7) is 4.01. The summed E-state index contributed by atoms with van der Waals surface area (Å²) in [5, 5.41) is 0.699. The van der Waals surface area contributed by atoms with Gasteiger partial charge in [0.25, 0.3) is 5.91 Å². The number of carbonyl (C=O) groups is 1. The lowest BCUT2D eigenvalue weighted by atomic mass is 10.0. The Hall–Kier alpha value is -1.04. The first-order chi connectivity index (χ1) is 9.29. The fourth-order valence-electron chi connectivity index (χ4n) is 1.90. The summed E-state index contributed by atoms with van der Waals surface area (Å²) >= 11 is 3.26. The monoisotopic (exact) mass is 351 g/mol. The van der Waals surface area contributed by atoms with Gasteiger partial charge in [0.05, 0.1) is 11.1 Å². The molecule has 0 N–H and O–H groups in total. The van der Waals surface area contributed by atoms with Crippen LogP contribution < -0.4 is 0 Å². The molecular weight excluding hydrogens is 335 g/mol. The Kier molecular flexibility index (Phi) is 6.05. The van der Waals surface area contributed by atoms with Gasteiger partial charge in [-0.15, -0.1) is 0 Å². The van der Waals surface area contributed by atoms with Crippen molar-refractivity contribution in [2.24, 2.45) is 0 Å². The molecule has 0 atom stereocenters. The fourth-order valence-corrected chi connectivity index (χ4v) is 2.15. The van der Waals surface area contributed by atoms with Crippen LogP contribution in [0.15, 0.2) is 24.3 Å². The zero-order valence-electron chi connectivity index (χ0n) is 11.4. The van der Waals surface area contributed by atoms with Gasteiger partial charge in [0, 0.05) is 17.9 Å². The van der Waals surface area contributed by atoms with Crippen LogP contribution in [0.2, 0.25) is 0 Å². The zero-order chi connectivity index (χ0) is 15.3. The lowest BCUT2D eigenvalue weighted by Crippen LogP contribution is -2.38. The van der Waals surface area contributed by atoms with E-state index in [0.717, 1.165) is 6.07 Å². The molecule has 0 saturated carbocycles. The van der Waals surface area contributed by atoms with Crippen LogP contribution in [-0.4, -0.2) is 28.7 Å². The molecule has 0 fully saturated rings. The molecule has 0 spiro atoms. The third kappa shape index (κ3) is 4.23. The molecule has 0 unspecified atom stereocenters. The average molecular weight is 352 g/mol. The minimum Gasteiger partial charge on any atom is -0.336 e. The maximum absolute atomic E-state index is 12.9. The highest BCUT2D eigenvalue weighted by molar-refractivity contribution is 9.09. The molecular formula is C14H17BrF3NO. The van der Waals surface area contributed by atoms with Crippen LogP contribution in [0.4, 0.5) is 13.2 Å². The van der Waals surface area contributed by atoms with Crippen LogP contribution in [-0.2, 0) is 6.18 Å². The van der Waals surface area contributed by atoms with Crippen LogP contribution in [0.3, 0.4) is 0 Å². The normalized spacial score (nSPS) is 11.8. The van der Waals surface area contributed by atoms with E-state index >= 15 is 0 Å². The molecule has 0 saturated heterocycles. The quantitative estimate of drug-likeness (QED) is 0.722. The lowest BCUT2D eigenvalue weighted by molar-refractivity contribution is -0.138. The number of carbonyl (C=O) groups excluding carboxylic acids is 1. The minimum absolute atomic E-state index is 0.150. The molecule has 0 aliphatic carbocycles. The number of hydrogen-bond donors (Lipinski definition) is 0. The summed E-state index contributed by atoms with van der Waals surface area (Å²) in [6.07, 6.45) is -3.83. The molecule has 1 amide bonds. The Morgan fingerprint density at radius 2 is 1.90 bits per heavy atom. The molecule has 6 heteroatoms. The Labute approximate surface area is 125 Å². The Bertz CT molecular complexity index is 460. The first-order valence-corrected chi connectivity index (χ1v) is 7.44. The molecule has 0 aromatic heterocycles. The third-order valence-corrected chi connectivity index (χ3v) is 3.44. The molecule has 1 aromatic carbocycles. The molecule has 112 valence electrons. The molecule has 1 aromatic rings. The standard InChI is InChI=1S/C14H17BrF3NO/c1-10(2)19(9-5-8-15)13(20)11-6-3-4-7-12(11)14(16,17)18/h3-4,6-7,10H,5,8-9H2,1-2H3. The SMILES string of the molecule is CC(C)N(CCCBr)C(=O)c1ccccc1C(F)(F)F. The van der Waals surface area contributed by atoms with Crippen molar-refractivity contribution in [2.75, 3.05) is 11.9 Å². The van der Waals surface area contributed by atoms with Crippen LogP contribution in [0.1, 0.15) is 36.2 Å². The van der Waals surface area contributed by atoms with Crippen LogP contribution in [0.25, 0.3) is 0 Å². The molecule has 0 aliphatic heterocycles. The van der Waals surface area contributed by atoms with Gasteiger partial charge in [0.1, 0.15) is 0 Å². The van der Waals surface area contributed by atoms with Crippen molar-refractivity contribution in [3.63, 3.8) is 0 Å². The number of hydrogen-bond acceptors (Lipinski definition) is 1. The van der Waals surface area contributed by atoms with E-state index in [1.807, 2.05) is 0 Å². The summed E-state index contributed by atoms with van der Waals surface area (Å²) in [5.41, 5.74) is -1.17.